The zero-order valence-electron chi connectivity index (χ0n) is 76.8. The van der Waals surface area contributed by atoms with Crippen molar-refractivity contribution in [1.29, 1.82) is 0 Å². The number of furan rings is 1. The number of aromatic nitrogens is 14. The molecule has 1 aromatic carbocycles. The number of aliphatic hydroxyl groups is 3. The van der Waals surface area contributed by atoms with Gasteiger partial charge in [-0.1, -0.05) is 169 Å². The van der Waals surface area contributed by atoms with Crippen molar-refractivity contribution in [3.05, 3.63) is 321 Å². The maximum absolute atomic E-state index is 11.7. The number of imidazole rings is 1. The van der Waals surface area contributed by atoms with Crippen molar-refractivity contribution >= 4 is 164 Å². The summed E-state index contributed by atoms with van der Waals surface area (Å²) in [5.74, 6) is 2.02. The zero-order valence-corrected chi connectivity index (χ0v) is 97.8. The van der Waals surface area contributed by atoms with E-state index in [9.17, 15) is 4.39 Å². The van der Waals surface area contributed by atoms with Crippen LogP contribution in [-0.2, 0) is 40.0 Å². The van der Waals surface area contributed by atoms with Gasteiger partial charge >= 0.3 is 0 Å². The topological polar surface area (TPSA) is 250 Å². The Hall–Kier alpha value is -4.97. The van der Waals surface area contributed by atoms with Crippen LogP contribution in [0.15, 0.2) is 200 Å². The molecule has 1 aliphatic heterocycles. The molecule has 0 amide bonds. The molecule has 0 spiro atoms. The number of thiazole rings is 11. The fourth-order valence-electron chi connectivity index (χ4n) is 8.47. The van der Waals surface area contributed by atoms with Crippen LogP contribution in [0, 0.1) is 220 Å². The number of aryl methyl sites for hydroxylation is 21. The van der Waals surface area contributed by atoms with Crippen LogP contribution in [0.3, 0.4) is 0 Å². The Morgan fingerprint density at radius 2 is 0.786 bits per heavy atom. The summed E-state index contributed by atoms with van der Waals surface area (Å²) < 4.78 is 19.6. The van der Waals surface area contributed by atoms with Crippen molar-refractivity contribution in [1.82, 2.24) is 69.4 Å². The third kappa shape index (κ3) is 89.4. The van der Waals surface area contributed by atoms with Gasteiger partial charge in [-0.15, -0.1) is 147 Å². The molecule has 1 fully saturated rings. The molecule has 19 nitrogen and oxygen atoms in total. The molecule has 3 N–H and O–H groups in total. The molecular weight excluding hydrogens is 2450 g/mol. The van der Waals surface area contributed by atoms with Crippen LogP contribution in [0.1, 0.15) is 252 Å². The number of benzene rings is 1. The van der Waals surface area contributed by atoms with Gasteiger partial charge in [-0.2, -0.15) is 0 Å². The minimum absolute atomic E-state index is 0. The average molecular weight is 2620 g/mol. The van der Waals surface area contributed by atoms with Gasteiger partial charge in [-0.05, 0) is 210 Å². The summed E-state index contributed by atoms with van der Waals surface area (Å²) in [6, 6.07) is 26.3. The van der Waals surface area contributed by atoms with Gasteiger partial charge in [0, 0.05) is 259 Å². The number of pyridine rings is 1. The molecular formula is C104H174Ac2FN15O4S14. The van der Waals surface area contributed by atoms with E-state index >= 15 is 0 Å². The Balaban J connectivity index is -0.0000001000. The van der Waals surface area contributed by atoms with Crippen LogP contribution < -0.4 is 4.90 Å². The summed E-state index contributed by atoms with van der Waals surface area (Å²) in [7, 11) is 1.97. The van der Waals surface area contributed by atoms with Crippen molar-refractivity contribution in [2.45, 2.75) is 292 Å². The van der Waals surface area contributed by atoms with Crippen LogP contribution in [0.2, 0.25) is 0 Å². The van der Waals surface area contributed by atoms with Crippen molar-refractivity contribution in [2.24, 2.45) is 7.05 Å². The predicted octanol–water partition coefficient (Wildman–Crippen LogP) is 35.9. The number of hydrogen-bond donors (Lipinski definition) is 3. The first-order chi connectivity index (χ1) is 60.0. The number of hydrogen-bond acceptors (Lipinski definition) is 32. The van der Waals surface area contributed by atoms with E-state index in [1.54, 1.807) is 139 Å². The molecule has 18 rings (SSSR count). The molecule has 0 atom stereocenters. The second-order valence-electron chi connectivity index (χ2n) is 26.3. The number of anilines is 1. The molecule has 0 bridgehead atoms. The molecule has 140 heavy (non-hydrogen) atoms. The Bertz CT molecular complexity index is 4610. The molecule has 16 aromatic heterocycles. The van der Waals surface area contributed by atoms with E-state index in [-0.39, 0.29) is 204 Å². The maximum atomic E-state index is 11.7. The van der Waals surface area contributed by atoms with E-state index in [0.29, 0.717) is 5.01 Å². The largest absolute Gasteiger partial charge is 0.470 e. The van der Waals surface area contributed by atoms with E-state index in [1.165, 1.54) is 109 Å². The van der Waals surface area contributed by atoms with Gasteiger partial charge < -0.3 is 29.2 Å². The van der Waals surface area contributed by atoms with Crippen molar-refractivity contribution in [3.8, 4) is 0 Å². The Morgan fingerprint density at radius 3 is 0.950 bits per heavy atom. The summed E-state index contributed by atoms with van der Waals surface area (Å²) >= 11 is 23.0. The number of rotatable bonds is 7. The monoisotopic (exact) mass is 2620 g/mol. The van der Waals surface area contributed by atoms with E-state index < -0.39 is 6.67 Å². The summed E-state index contributed by atoms with van der Waals surface area (Å²) in [6.07, 6.45) is 17.9. The molecule has 0 saturated carbocycles. The summed E-state index contributed by atoms with van der Waals surface area (Å²) in [5, 5.41) is 60.5. The number of halogens is 1. The molecule has 1 saturated heterocycles. The maximum Gasteiger partial charge on any atom is 0.185 e. The van der Waals surface area contributed by atoms with E-state index in [4.69, 9.17) is 19.7 Å². The second-order valence-corrected chi connectivity index (χ2v) is 40.0. The first-order valence-corrected chi connectivity index (χ1v) is 52.1. The number of nitrogens with zero attached hydrogens (tertiary/aromatic N) is 15. The normalized spacial score (nSPS) is 9.09. The van der Waals surface area contributed by atoms with Gasteiger partial charge in [0.1, 0.15) is 42.6 Å². The van der Waals surface area contributed by atoms with Gasteiger partial charge in [0.25, 0.3) is 0 Å². The van der Waals surface area contributed by atoms with Crippen molar-refractivity contribution < 1.29 is 112 Å². The SMILES string of the molecule is C.C.C.C.C.C.C.C.C.C.C.C.C.CCc1nc(C)cs1.CSc1nc(C)cs1.Cc1ccccc1.Cc1cccnc1.Cc1ccco1.Cc1cccs1.Cc1cccs1.Cc1csc(C)n1.Cc1csc(C)n1.Cc1csc(CF)n1.Cc1csc(CO)n1.Cc1csc(CO)n1.Cc1csc(CO)n1.Cc1csc(N2CCCCC2)n1.Cc1cscn1.Cc1nccn1C.Cc1nccs1.[Ac].[Ac]. The van der Waals surface area contributed by atoms with Gasteiger partial charge in [-0.3, -0.25) is 15.0 Å². The van der Waals surface area contributed by atoms with Crippen LogP contribution in [0.4, 0.5) is 9.52 Å². The standard InChI is InChI=1S/C9H14N2S.C7H8.C6H9NS.C6H7N.C5H6FNS.C5H8N2.3C5H7NOS.C5H7NS2.2C5H7NS.C5H6O.2C5H6S.2C4H5NS.13CH4.2Ac/c1-8-7-12-9(10-8)11-5-3-2-4-6-11;1-7-5-3-2-4-6-7;1-3-6-7-5(2)4-8-6;1-6-3-2-4-7-5-6;1-4-3-8-5(2-6)7-4;1-5-6-3-4-7(5)2;3*1-4-3-8-5(2-7)6-4;1-4-3-8-5(6-4)7-2;2*1-4-3-7-5(2)6-4;3*1-5-3-2-4-6-5;1-4-2-6-3-5-4;1-4-5-2-3-6-4;;;;;;;;;;;;;;;/h7H,2-6H2,1H3;2-6H,1H3;4H,3H2,1-2H3;2-5H,1H3;3H,2H2,1H3;3-4H,1-2H3;3*3,7H,2H2,1H3;3H,1-2H3;2*3H,1-2H3;3*2-4H,1H3;2*2-3H,1H3;13*1H4;;. The molecule has 17 heterocycles. The van der Waals surface area contributed by atoms with Crippen LogP contribution in [0.25, 0.3) is 0 Å². The number of piperidine rings is 1. The van der Waals surface area contributed by atoms with Crippen LogP contribution >= 0.6 is 159 Å². The first kappa shape index (κ1) is 166. The third-order valence-corrected chi connectivity index (χ3v) is 27.2. The smallest absolute Gasteiger partial charge is 0.185 e. The third-order valence-electron chi connectivity index (χ3n) is 14.5. The van der Waals surface area contributed by atoms with Gasteiger partial charge in [-0.25, -0.2) is 54.2 Å². The summed E-state index contributed by atoms with van der Waals surface area (Å²) in [5.41, 5.74) is 15.0. The van der Waals surface area contributed by atoms with E-state index in [2.05, 4.69) is 178 Å². The number of alkyl halides is 1. The Morgan fingerprint density at radius 1 is 0.371 bits per heavy atom. The van der Waals surface area contributed by atoms with Crippen LogP contribution in [-0.4, -0.2) is 104 Å². The molecule has 36 heteroatoms. The molecule has 0 aliphatic carbocycles. The Labute approximate surface area is 977 Å². The first-order valence-electron chi connectivity index (χ1n) is 39.3. The molecule has 1 aliphatic rings. The number of thiophene rings is 2. The van der Waals surface area contributed by atoms with E-state index in [1.807, 2.05) is 214 Å². The van der Waals surface area contributed by atoms with Crippen molar-refractivity contribution in [2.75, 3.05) is 24.2 Å². The molecule has 17 aromatic rings. The fourth-order valence-corrected chi connectivity index (χ4v) is 17.1. The molecule has 0 unspecified atom stereocenters. The predicted molar refractivity (Wildman–Crippen MR) is 632 cm³/mol. The van der Waals surface area contributed by atoms with Gasteiger partial charge in [0.05, 0.1) is 57.3 Å². The zero-order chi connectivity index (χ0) is 92.4. The second kappa shape index (κ2) is 105. The quantitative estimate of drug-likeness (QED) is 0.125. The fraction of sp³-hybridized carbons (Fsp3) is 0.433. The van der Waals surface area contributed by atoms with Gasteiger partial charge in [0.2, 0.25) is 0 Å². The number of thioether (sulfide) groups is 1. The van der Waals surface area contributed by atoms with Crippen molar-refractivity contribution in [3.63, 3.8) is 0 Å². The summed E-state index contributed by atoms with van der Waals surface area (Å²) in [6.45, 7) is 42.2. The minimum atomic E-state index is -0.432. The summed E-state index contributed by atoms with van der Waals surface area (Å²) in [4.78, 5) is 58.0. The molecule has 786 valence electrons. The number of aliphatic hydroxyl groups excluding tert-OH is 3. The minimum Gasteiger partial charge on any atom is -0.470 e. The van der Waals surface area contributed by atoms with Gasteiger partial charge in [0.15, 0.2) is 5.13 Å². The molecule has 2 radical (unpaired) electrons. The van der Waals surface area contributed by atoms with Crippen LogP contribution in [0.5, 0.6) is 0 Å². The Kier molecular flexibility index (Phi) is 125. The van der Waals surface area contributed by atoms with E-state index in [0.717, 1.165) is 109 Å². The average Bonchev–Trinajstić information content (AvgIpc) is 1.79.